The van der Waals surface area contributed by atoms with E-state index in [1.807, 2.05) is 13.8 Å². The highest BCUT2D eigenvalue weighted by atomic mass is 19.3. The van der Waals surface area contributed by atoms with Gasteiger partial charge in [-0.1, -0.05) is 19.1 Å². The number of rotatable bonds is 7. The van der Waals surface area contributed by atoms with Crippen molar-refractivity contribution in [3.63, 3.8) is 0 Å². The molecule has 1 aromatic rings. The molecule has 0 bridgehead atoms. The van der Waals surface area contributed by atoms with E-state index in [4.69, 9.17) is 5.11 Å². The second-order valence-corrected chi connectivity index (χ2v) is 4.08. The lowest BCUT2D eigenvalue weighted by atomic mass is 10.1. The summed E-state index contributed by atoms with van der Waals surface area (Å²) in [5.41, 5.74) is 0.852. The van der Waals surface area contributed by atoms with Crippen LogP contribution in [0.4, 0.5) is 8.78 Å². The van der Waals surface area contributed by atoms with Crippen LogP contribution in [-0.2, 0) is 4.79 Å². The first-order valence-electron chi connectivity index (χ1n) is 5.94. The molecule has 4 nitrogen and oxygen atoms in total. The lowest BCUT2D eigenvalue weighted by Crippen LogP contribution is -2.32. The van der Waals surface area contributed by atoms with Crippen molar-refractivity contribution < 1.29 is 23.4 Å². The van der Waals surface area contributed by atoms with E-state index in [1.165, 1.54) is 12.1 Å². The largest absolute Gasteiger partial charge is 0.480 e. The fourth-order valence-electron chi connectivity index (χ4n) is 1.83. The molecule has 106 valence electrons. The van der Waals surface area contributed by atoms with E-state index in [0.717, 1.165) is 5.56 Å². The zero-order chi connectivity index (χ0) is 14.4. The Bertz CT molecular complexity index is 409. The Morgan fingerprint density at radius 2 is 1.95 bits per heavy atom. The van der Waals surface area contributed by atoms with E-state index in [2.05, 4.69) is 4.74 Å². The van der Waals surface area contributed by atoms with Crippen LogP contribution in [0.2, 0.25) is 0 Å². The summed E-state index contributed by atoms with van der Waals surface area (Å²) in [7, 11) is 0. The van der Waals surface area contributed by atoms with Crippen LogP contribution in [0, 0.1) is 0 Å². The van der Waals surface area contributed by atoms with Gasteiger partial charge < -0.3 is 9.84 Å². The first-order valence-corrected chi connectivity index (χ1v) is 5.94. The number of aliphatic carboxylic acids is 1. The minimum Gasteiger partial charge on any atom is -0.480 e. The van der Waals surface area contributed by atoms with Crippen molar-refractivity contribution in [3.05, 3.63) is 29.8 Å². The summed E-state index contributed by atoms with van der Waals surface area (Å²) in [6, 6.07) is 6.11. The fraction of sp³-hybridized carbons (Fsp3) is 0.462. The van der Waals surface area contributed by atoms with Crippen LogP contribution in [-0.4, -0.2) is 35.7 Å². The normalized spacial score (nSPS) is 12.7. The van der Waals surface area contributed by atoms with Crippen molar-refractivity contribution in [3.8, 4) is 5.75 Å². The van der Waals surface area contributed by atoms with Gasteiger partial charge in [-0.2, -0.15) is 8.78 Å². The highest BCUT2D eigenvalue weighted by Crippen LogP contribution is 2.23. The molecular formula is C13H17F2NO3. The van der Waals surface area contributed by atoms with Gasteiger partial charge in [0.15, 0.2) is 0 Å². The molecule has 1 aromatic carbocycles. The molecule has 1 atom stereocenters. The van der Waals surface area contributed by atoms with Crippen LogP contribution in [0.3, 0.4) is 0 Å². The summed E-state index contributed by atoms with van der Waals surface area (Å²) in [4.78, 5) is 12.5. The van der Waals surface area contributed by atoms with Crippen molar-refractivity contribution in [1.82, 2.24) is 4.90 Å². The average molecular weight is 273 g/mol. The van der Waals surface area contributed by atoms with E-state index in [-0.39, 0.29) is 18.3 Å². The molecule has 0 aromatic heterocycles. The second-order valence-electron chi connectivity index (χ2n) is 4.08. The highest BCUT2D eigenvalue weighted by molar-refractivity contribution is 5.69. The minimum atomic E-state index is -2.84. The van der Waals surface area contributed by atoms with Gasteiger partial charge in [0.2, 0.25) is 0 Å². The molecule has 1 N–H and O–H groups in total. The Hall–Kier alpha value is -1.69. The van der Waals surface area contributed by atoms with Crippen LogP contribution in [0.1, 0.15) is 25.5 Å². The SMILES string of the molecule is CCN(CC(=O)O)C(C)c1ccc(OC(F)F)cc1. The number of carbonyl (C=O) groups is 1. The van der Waals surface area contributed by atoms with Gasteiger partial charge >= 0.3 is 12.6 Å². The maximum atomic E-state index is 12.0. The van der Waals surface area contributed by atoms with Gasteiger partial charge in [-0.3, -0.25) is 9.69 Å². The number of hydrogen-bond donors (Lipinski definition) is 1. The minimum absolute atomic E-state index is 0.0625. The Balaban J connectivity index is 2.75. The number of hydrogen-bond acceptors (Lipinski definition) is 3. The molecule has 1 unspecified atom stereocenters. The van der Waals surface area contributed by atoms with Crippen molar-refractivity contribution >= 4 is 5.97 Å². The number of ether oxygens (including phenoxy) is 1. The zero-order valence-electron chi connectivity index (χ0n) is 10.8. The van der Waals surface area contributed by atoms with Crippen LogP contribution >= 0.6 is 0 Å². The molecule has 0 aliphatic heterocycles. The van der Waals surface area contributed by atoms with Gasteiger partial charge in [0.25, 0.3) is 0 Å². The maximum Gasteiger partial charge on any atom is 0.387 e. The fourth-order valence-corrected chi connectivity index (χ4v) is 1.83. The quantitative estimate of drug-likeness (QED) is 0.830. The second kappa shape index (κ2) is 7.04. The monoisotopic (exact) mass is 273 g/mol. The summed E-state index contributed by atoms with van der Waals surface area (Å²) in [6.07, 6.45) is 0. The summed E-state index contributed by atoms with van der Waals surface area (Å²) >= 11 is 0. The van der Waals surface area contributed by atoms with E-state index in [1.54, 1.807) is 17.0 Å². The van der Waals surface area contributed by atoms with Crippen molar-refractivity contribution in [1.29, 1.82) is 0 Å². The molecule has 0 aliphatic rings. The Labute approximate surface area is 110 Å². The Morgan fingerprint density at radius 1 is 1.37 bits per heavy atom. The standard InChI is InChI=1S/C13H17F2NO3/c1-3-16(8-12(17)18)9(2)10-4-6-11(7-5-10)19-13(14)15/h4-7,9,13H,3,8H2,1-2H3,(H,17,18). The van der Waals surface area contributed by atoms with Crippen LogP contribution in [0.5, 0.6) is 5.75 Å². The predicted molar refractivity (Wildman–Crippen MR) is 66.4 cm³/mol. The molecule has 6 heteroatoms. The molecule has 0 saturated heterocycles. The number of nitrogens with zero attached hydrogens (tertiary/aromatic N) is 1. The van der Waals surface area contributed by atoms with Gasteiger partial charge in [-0.25, -0.2) is 0 Å². The molecular weight excluding hydrogens is 256 g/mol. The number of halogens is 2. The lowest BCUT2D eigenvalue weighted by Gasteiger charge is -2.26. The molecule has 0 heterocycles. The van der Waals surface area contributed by atoms with Gasteiger partial charge in [-0.05, 0) is 31.2 Å². The Kier molecular flexibility index (Phi) is 5.69. The summed E-state index contributed by atoms with van der Waals surface area (Å²) < 4.78 is 28.3. The van der Waals surface area contributed by atoms with Crippen molar-refractivity contribution in [2.75, 3.05) is 13.1 Å². The smallest absolute Gasteiger partial charge is 0.387 e. The average Bonchev–Trinajstić information content (AvgIpc) is 2.35. The maximum absolute atomic E-state index is 12.0. The highest BCUT2D eigenvalue weighted by Gasteiger charge is 2.17. The summed E-state index contributed by atoms with van der Waals surface area (Å²) in [5.74, 6) is -0.807. The third-order valence-electron chi connectivity index (χ3n) is 2.88. The lowest BCUT2D eigenvalue weighted by molar-refractivity contribution is -0.138. The topological polar surface area (TPSA) is 49.8 Å². The van der Waals surface area contributed by atoms with E-state index >= 15 is 0 Å². The molecule has 0 amide bonds. The zero-order valence-corrected chi connectivity index (χ0v) is 10.8. The van der Waals surface area contributed by atoms with E-state index in [0.29, 0.717) is 6.54 Å². The number of alkyl halides is 2. The van der Waals surface area contributed by atoms with Crippen LogP contribution in [0.15, 0.2) is 24.3 Å². The first kappa shape index (κ1) is 15.4. The summed E-state index contributed by atoms with van der Waals surface area (Å²) in [6.45, 7) is 1.42. The number of carboxylic acids is 1. The van der Waals surface area contributed by atoms with Crippen LogP contribution in [0.25, 0.3) is 0 Å². The van der Waals surface area contributed by atoms with Gasteiger partial charge in [0.1, 0.15) is 5.75 Å². The molecule has 0 fully saturated rings. The van der Waals surface area contributed by atoms with Crippen molar-refractivity contribution in [2.45, 2.75) is 26.5 Å². The number of benzene rings is 1. The van der Waals surface area contributed by atoms with E-state index < -0.39 is 12.6 Å². The van der Waals surface area contributed by atoms with Crippen molar-refractivity contribution in [2.24, 2.45) is 0 Å². The number of carboxylic acid groups (broad SMARTS) is 1. The number of likely N-dealkylation sites (N-methyl/N-ethyl adjacent to an activating group) is 1. The molecule has 1 rings (SSSR count). The molecule has 0 saturated carbocycles. The summed E-state index contributed by atoms with van der Waals surface area (Å²) in [5, 5.41) is 8.81. The molecule has 0 radical (unpaired) electrons. The third-order valence-corrected chi connectivity index (χ3v) is 2.88. The van der Waals surface area contributed by atoms with Crippen LogP contribution < -0.4 is 4.74 Å². The molecule has 19 heavy (non-hydrogen) atoms. The first-order chi connectivity index (χ1) is 8.93. The van der Waals surface area contributed by atoms with Gasteiger partial charge in [-0.15, -0.1) is 0 Å². The third kappa shape index (κ3) is 4.82. The predicted octanol–water partition coefficient (Wildman–Crippen LogP) is 2.76. The Morgan fingerprint density at radius 3 is 2.37 bits per heavy atom. The molecule has 0 aliphatic carbocycles. The van der Waals surface area contributed by atoms with Gasteiger partial charge in [0, 0.05) is 6.04 Å². The van der Waals surface area contributed by atoms with Gasteiger partial charge in [0.05, 0.1) is 6.54 Å². The van der Waals surface area contributed by atoms with E-state index in [9.17, 15) is 13.6 Å². The molecule has 0 spiro atoms.